The van der Waals surface area contributed by atoms with Crippen LogP contribution in [-0.4, -0.2) is 46.6 Å². The Morgan fingerprint density at radius 3 is 2.72 bits per heavy atom. The van der Waals surface area contributed by atoms with E-state index in [-0.39, 0.29) is 22.8 Å². The first-order chi connectivity index (χ1) is 8.32. The number of nitrogens with zero attached hydrogens (tertiary/aromatic N) is 3. The molecule has 0 radical (unpaired) electrons. The van der Waals surface area contributed by atoms with Crippen LogP contribution in [0.2, 0.25) is 5.28 Å². The maximum atomic E-state index is 12.3. The van der Waals surface area contributed by atoms with E-state index >= 15 is 0 Å². The number of sulfonamides is 1. The number of hydrogen-bond donors (Lipinski definition) is 1. The maximum Gasteiger partial charge on any atom is 0.262 e. The SMILES string of the molecule is CC1CCN(S(=O)(=O)c2cn(C)c(Cl)n2)CC1O. The smallest absolute Gasteiger partial charge is 0.262 e. The Balaban J connectivity index is 2.26. The van der Waals surface area contributed by atoms with Gasteiger partial charge in [0, 0.05) is 26.3 Å². The molecule has 0 aliphatic carbocycles. The lowest BCUT2D eigenvalue weighted by Gasteiger charge is -2.32. The molecule has 1 fully saturated rings. The summed E-state index contributed by atoms with van der Waals surface area (Å²) >= 11 is 5.75. The molecule has 0 saturated carbocycles. The van der Waals surface area contributed by atoms with Crippen LogP contribution in [0.15, 0.2) is 11.2 Å². The molecule has 1 aromatic rings. The van der Waals surface area contributed by atoms with Crippen LogP contribution >= 0.6 is 11.6 Å². The number of aliphatic hydroxyl groups is 1. The molecule has 0 amide bonds. The van der Waals surface area contributed by atoms with Crippen LogP contribution in [0.1, 0.15) is 13.3 Å². The fourth-order valence-electron chi connectivity index (χ4n) is 1.91. The molecule has 102 valence electrons. The van der Waals surface area contributed by atoms with Crippen molar-refractivity contribution in [1.29, 1.82) is 0 Å². The van der Waals surface area contributed by atoms with Gasteiger partial charge in [0.05, 0.1) is 6.10 Å². The standard InChI is InChI=1S/C10H16ClN3O3S/c1-7-3-4-14(5-8(7)15)18(16,17)9-6-13(2)10(11)12-9/h6-8,15H,3-5H2,1-2H3. The van der Waals surface area contributed by atoms with Crippen molar-refractivity contribution in [2.24, 2.45) is 13.0 Å². The predicted octanol–water partition coefficient (Wildman–Crippen LogP) is 0.465. The van der Waals surface area contributed by atoms with Crippen LogP contribution in [0.5, 0.6) is 0 Å². The number of piperidine rings is 1. The Bertz CT molecular complexity index is 523. The molecule has 0 spiro atoms. The number of hydrogen-bond acceptors (Lipinski definition) is 4. The van der Waals surface area contributed by atoms with E-state index < -0.39 is 16.1 Å². The Morgan fingerprint density at radius 1 is 1.56 bits per heavy atom. The lowest BCUT2D eigenvalue weighted by Crippen LogP contribution is -2.45. The van der Waals surface area contributed by atoms with Gasteiger partial charge in [0.2, 0.25) is 5.28 Å². The van der Waals surface area contributed by atoms with Gasteiger partial charge in [-0.2, -0.15) is 4.31 Å². The molecule has 1 N–H and O–H groups in total. The van der Waals surface area contributed by atoms with Crippen LogP contribution < -0.4 is 0 Å². The van der Waals surface area contributed by atoms with Crippen LogP contribution in [0, 0.1) is 5.92 Å². The fraction of sp³-hybridized carbons (Fsp3) is 0.700. The molecule has 0 bridgehead atoms. The largest absolute Gasteiger partial charge is 0.391 e. The van der Waals surface area contributed by atoms with Gasteiger partial charge in [-0.05, 0) is 23.9 Å². The fourth-order valence-corrected chi connectivity index (χ4v) is 3.55. The van der Waals surface area contributed by atoms with Crippen molar-refractivity contribution in [3.8, 4) is 0 Å². The highest BCUT2D eigenvalue weighted by atomic mass is 35.5. The number of rotatable bonds is 2. The topological polar surface area (TPSA) is 75.4 Å². The van der Waals surface area contributed by atoms with Crippen molar-refractivity contribution in [2.45, 2.75) is 24.5 Å². The lowest BCUT2D eigenvalue weighted by atomic mass is 9.98. The maximum absolute atomic E-state index is 12.3. The Hall–Kier alpha value is -0.630. The molecule has 8 heteroatoms. The Morgan fingerprint density at radius 2 is 2.22 bits per heavy atom. The van der Waals surface area contributed by atoms with E-state index in [4.69, 9.17) is 11.6 Å². The molecule has 6 nitrogen and oxygen atoms in total. The van der Waals surface area contributed by atoms with E-state index in [2.05, 4.69) is 4.98 Å². The van der Waals surface area contributed by atoms with Gasteiger partial charge in [-0.3, -0.25) is 0 Å². The highest BCUT2D eigenvalue weighted by Crippen LogP contribution is 2.24. The van der Waals surface area contributed by atoms with Crippen molar-refractivity contribution in [1.82, 2.24) is 13.9 Å². The summed E-state index contributed by atoms with van der Waals surface area (Å²) in [5, 5.41) is 9.81. The van der Waals surface area contributed by atoms with Gasteiger partial charge in [0.25, 0.3) is 10.0 Å². The molecule has 2 atom stereocenters. The monoisotopic (exact) mass is 293 g/mol. The summed E-state index contributed by atoms with van der Waals surface area (Å²) in [4.78, 5) is 3.82. The molecule has 2 rings (SSSR count). The number of β-amino-alcohol motifs (C(OH)–C–C–N with tert-alkyl or cyclic N) is 1. The van der Waals surface area contributed by atoms with Crippen molar-refractivity contribution >= 4 is 21.6 Å². The molecule has 1 saturated heterocycles. The average Bonchev–Trinajstić information content (AvgIpc) is 2.64. The minimum Gasteiger partial charge on any atom is -0.391 e. The molecule has 2 unspecified atom stereocenters. The van der Waals surface area contributed by atoms with Crippen LogP contribution in [-0.2, 0) is 17.1 Å². The second kappa shape index (κ2) is 4.80. The summed E-state index contributed by atoms with van der Waals surface area (Å²) in [5.74, 6) is 0.115. The summed E-state index contributed by atoms with van der Waals surface area (Å²) in [6, 6.07) is 0. The number of imidazole rings is 1. The van der Waals surface area contributed by atoms with Crippen molar-refractivity contribution in [3.05, 3.63) is 11.5 Å². The zero-order valence-corrected chi connectivity index (χ0v) is 11.8. The Kier molecular flexibility index (Phi) is 3.68. The lowest BCUT2D eigenvalue weighted by molar-refractivity contribution is 0.0604. The molecule has 0 aromatic carbocycles. The summed E-state index contributed by atoms with van der Waals surface area (Å²) < 4.78 is 27.3. The van der Waals surface area contributed by atoms with Gasteiger partial charge in [-0.1, -0.05) is 6.92 Å². The number of aliphatic hydroxyl groups excluding tert-OH is 1. The van der Waals surface area contributed by atoms with Gasteiger partial charge in [-0.15, -0.1) is 0 Å². The van der Waals surface area contributed by atoms with Gasteiger partial charge >= 0.3 is 0 Å². The minimum absolute atomic E-state index is 0.0725. The van der Waals surface area contributed by atoms with Gasteiger partial charge in [-0.25, -0.2) is 13.4 Å². The summed E-state index contributed by atoms with van der Waals surface area (Å²) in [6.07, 6.45) is 1.39. The van der Waals surface area contributed by atoms with Crippen molar-refractivity contribution < 1.29 is 13.5 Å². The normalized spacial score (nSPS) is 26.4. The molecular weight excluding hydrogens is 278 g/mol. The molecule has 1 aromatic heterocycles. The molecule has 2 heterocycles. The van der Waals surface area contributed by atoms with E-state index in [9.17, 15) is 13.5 Å². The first-order valence-electron chi connectivity index (χ1n) is 5.69. The van der Waals surface area contributed by atoms with Gasteiger partial charge in [0.15, 0.2) is 5.03 Å². The number of aryl methyl sites for hydroxylation is 1. The summed E-state index contributed by atoms with van der Waals surface area (Å²) in [5.41, 5.74) is 0. The summed E-state index contributed by atoms with van der Waals surface area (Å²) in [7, 11) is -2.04. The van der Waals surface area contributed by atoms with E-state index in [0.717, 1.165) is 0 Å². The average molecular weight is 294 g/mol. The predicted molar refractivity (Wildman–Crippen MR) is 66.8 cm³/mol. The van der Waals surface area contributed by atoms with E-state index in [1.165, 1.54) is 15.1 Å². The molecule has 1 aliphatic rings. The zero-order valence-electron chi connectivity index (χ0n) is 10.2. The number of aromatic nitrogens is 2. The van der Waals surface area contributed by atoms with Crippen LogP contribution in [0.4, 0.5) is 0 Å². The third-order valence-corrected chi connectivity index (χ3v) is 5.37. The van der Waals surface area contributed by atoms with E-state index in [1.54, 1.807) is 7.05 Å². The second-order valence-electron chi connectivity index (χ2n) is 4.66. The first-order valence-corrected chi connectivity index (χ1v) is 7.51. The summed E-state index contributed by atoms with van der Waals surface area (Å²) in [6.45, 7) is 2.42. The minimum atomic E-state index is -3.66. The van der Waals surface area contributed by atoms with E-state index in [1.807, 2.05) is 6.92 Å². The number of halogens is 1. The first kappa shape index (κ1) is 13.8. The van der Waals surface area contributed by atoms with Crippen molar-refractivity contribution in [2.75, 3.05) is 13.1 Å². The Labute approximate surface area is 111 Å². The second-order valence-corrected chi connectivity index (χ2v) is 6.88. The highest BCUT2D eigenvalue weighted by Gasteiger charge is 2.34. The van der Waals surface area contributed by atoms with Gasteiger partial charge < -0.3 is 9.67 Å². The van der Waals surface area contributed by atoms with Crippen molar-refractivity contribution in [3.63, 3.8) is 0 Å². The molecule has 1 aliphatic heterocycles. The zero-order chi connectivity index (χ0) is 13.5. The molecular formula is C10H16ClN3O3S. The van der Waals surface area contributed by atoms with Crippen LogP contribution in [0.3, 0.4) is 0 Å². The quantitative estimate of drug-likeness (QED) is 0.860. The van der Waals surface area contributed by atoms with Crippen LogP contribution in [0.25, 0.3) is 0 Å². The van der Waals surface area contributed by atoms with E-state index in [0.29, 0.717) is 13.0 Å². The third-order valence-electron chi connectivity index (χ3n) is 3.28. The van der Waals surface area contributed by atoms with Gasteiger partial charge in [0.1, 0.15) is 0 Å². The highest BCUT2D eigenvalue weighted by molar-refractivity contribution is 7.89. The third kappa shape index (κ3) is 2.40. The molecule has 18 heavy (non-hydrogen) atoms.